The van der Waals surface area contributed by atoms with Crippen molar-refractivity contribution in [2.75, 3.05) is 13.1 Å². The third-order valence-corrected chi connectivity index (χ3v) is 3.91. The van der Waals surface area contributed by atoms with Crippen molar-refractivity contribution in [3.05, 3.63) is 28.3 Å². The summed E-state index contributed by atoms with van der Waals surface area (Å²) < 4.78 is 5.20. The number of hydrogen-bond acceptors (Lipinski definition) is 6. The van der Waals surface area contributed by atoms with Crippen molar-refractivity contribution in [3.8, 4) is 0 Å². The van der Waals surface area contributed by atoms with Crippen molar-refractivity contribution in [2.45, 2.75) is 25.7 Å². The van der Waals surface area contributed by atoms with E-state index in [1.54, 1.807) is 10.9 Å². The topological polar surface area (TPSA) is 72.1 Å². The van der Waals surface area contributed by atoms with Crippen LogP contribution in [0, 0.1) is 6.92 Å². The van der Waals surface area contributed by atoms with E-state index in [0.29, 0.717) is 30.5 Å². The number of carbonyl (C=O) groups is 1. The van der Waals surface area contributed by atoms with E-state index in [-0.39, 0.29) is 11.8 Å². The summed E-state index contributed by atoms with van der Waals surface area (Å²) in [5.41, 5.74) is 2.22. The maximum absolute atomic E-state index is 12.1. The van der Waals surface area contributed by atoms with Crippen LogP contribution in [0.2, 0.25) is 0 Å². The first-order chi connectivity index (χ1) is 9.24. The van der Waals surface area contributed by atoms with Gasteiger partial charge in [-0.25, -0.2) is 4.98 Å². The van der Waals surface area contributed by atoms with E-state index in [2.05, 4.69) is 15.1 Å². The first-order valence-electron chi connectivity index (χ1n) is 6.21. The SMILES string of the molecule is Cc1noc(C2CCN(C(=O)c3cscn3)CC2)n1. The summed E-state index contributed by atoms with van der Waals surface area (Å²) in [6.07, 6.45) is 1.72. The van der Waals surface area contributed by atoms with Gasteiger partial charge in [0, 0.05) is 24.4 Å². The molecule has 0 atom stereocenters. The lowest BCUT2D eigenvalue weighted by Crippen LogP contribution is -2.38. The van der Waals surface area contributed by atoms with Crippen molar-refractivity contribution in [3.63, 3.8) is 0 Å². The van der Waals surface area contributed by atoms with Gasteiger partial charge in [-0.2, -0.15) is 4.98 Å². The Balaban J connectivity index is 1.62. The Morgan fingerprint density at radius 3 is 2.84 bits per heavy atom. The predicted octanol–water partition coefficient (Wildman–Crippen LogP) is 1.85. The van der Waals surface area contributed by atoms with Gasteiger partial charge in [-0.3, -0.25) is 4.79 Å². The van der Waals surface area contributed by atoms with Crippen molar-refractivity contribution >= 4 is 17.2 Å². The number of likely N-dealkylation sites (tertiary alicyclic amines) is 1. The van der Waals surface area contributed by atoms with Gasteiger partial charge in [0.25, 0.3) is 5.91 Å². The number of carbonyl (C=O) groups excluding carboxylic acids is 1. The minimum absolute atomic E-state index is 0.0152. The van der Waals surface area contributed by atoms with E-state index in [1.807, 2.05) is 11.8 Å². The number of amides is 1. The maximum atomic E-state index is 12.1. The van der Waals surface area contributed by atoms with Gasteiger partial charge in [-0.05, 0) is 19.8 Å². The molecule has 3 heterocycles. The summed E-state index contributed by atoms with van der Waals surface area (Å²) in [6.45, 7) is 3.23. The molecule has 3 rings (SSSR count). The van der Waals surface area contributed by atoms with E-state index < -0.39 is 0 Å². The van der Waals surface area contributed by atoms with Crippen LogP contribution >= 0.6 is 11.3 Å². The van der Waals surface area contributed by atoms with Crippen LogP contribution in [-0.4, -0.2) is 39.0 Å². The van der Waals surface area contributed by atoms with Crippen LogP contribution in [-0.2, 0) is 0 Å². The highest BCUT2D eigenvalue weighted by atomic mass is 32.1. The molecule has 2 aromatic rings. The molecule has 0 saturated carbocycles. The highest BCUT2D eigenvalue weighted by molar-refractivity contribution is 7.07. The Morgan fingerprint density at radius 2 is 2.26 bits per heavy atom. The minimum atomic E-state index is 0.0152. The number of nitrogens with zero attached hydrogens (tertiary/aromatic N) is 4. The lowest BCUT2D eigenvalue weighted by molar-refractivity contribution is 0.0699. The number of piperidine rings is 1. The first kappa shape index (κ1) is 12.3. The molecule has 2 aromatic heterocycles. The average Bonchev–Trinajstić information content (AvgIpc) is 3.09. The van der Waals surface area contributed by atoms with Gasteiger partial charge in [-0.15, -0.1) is 11.3 Å². The zero-order valence-corrected chi connectivity index (χ0v) is 11.4. The predicted molar refractivity (Wildman–Crippen MR) is 69.0 cm³/mol. The zero-order valence-electron chi connectivity index (χ0n) is 10.6. The molecule has 1 fully saturated rings. The standard InChI is InChI=1S/C12H14N4O2S/c1-8-14-11(18-15-8)9-2-4-16(5-3-9)12(17)10-6-19-7-13-10/h6-7,9H,2-5H2,1H3. The first-order valence-corrected chi connectivity index (χ1v) is 7.16. The fraction of sp³-hybridized carbons (Fsp3) is 0.500. The Hall–Kier alpha value is -1.76. The summed E-state index contributed by atoms with van der Waals surface area (Å²) in [4.78, 5) is 22.3. The molecule has 100 valence electrons. The van der Waals surface area contributed by atoms with E-state index in [4.69, 9.17) is 4.52 Å². The van der Waals surface area contributed by atoms with Crippen LogP contribution < -0.4 is 0 Å². The lowest BCUT2D eigenvalue weighted by Gasteiger charge is -2.29. The molecule has 6 nitrogen and oxygen atoms in total. The Bertz CT molecular complexity index is 558. The largest absolute Gasteiger partial charge is 0.339 e. The van der Waals surface area contributed by atoms with Crippen LogP contribution in [0.4, 0.5) is 0 Å². The minimum Gasteiger partial charge on any atom is -0.339 e. The highest BCUT2D eigenvalue weighted by Crippen LogP contribution is 2.27. The van der Waals surface area contributed by atoms with Gasteiger partial charge < -0.3 is 9.42 Å². The lowest BCUT2D eigenvalue weighted by atomic mass is 9.96. The number of thiazole rings is 1. The number of hydrogen-bond donors (Lipinski definition) is 0. The number of rotatable bonds is 2. The summed E-state index contributed by atoms with van der Waals surface area (Å²) in [5.74, 6) is 1.64. The van der Waals surface area contributed by atoms with Gasteiger partial charge in [-0.1, -0.05) is 5.16 Å². The smallest absolute Gasteiger partial charge is 0.273 e. The molecule has 1 saturated heterocycles. The Kier molecular flexibility index (Phi) is 3.29. The third-order valence-electron chi connectivity index (χ3n) is 3.33. The van der Waals surface area contributed by atoms with Gasteiger partial charge in [0.1, 0.15) is 5.69 Å². The molecule has 0 N–H and O–H groups in total. The summed E-state index contributed by atoms with van der Waals surface area (Å²) in [5, 5.41) is 5.60. The third kappa shape index (κ3) is 2.51. The van der Waals surface area contributed by atoms with Crippen LogP contribution in [0.15, 0.2) is 15.4 Å². The molecular formula is C12H14N4O2S. The normalized spacial score (nSPS) is 16.8. The van der Waals surface area contributed by atoms with Gasteiger partial charge >= 0.3 is 0 Å². The molecule has 0 radical (unpaired) electrons. The van der Waals surface area contributed by atoms with Crippen LogP contribution in [0.1, 0.15) is 41.0 Å². The van der Waals surface area contributed by atoms with Crippen LogP contribution in [0.3, 0.4) is 0 Å². The van der Waals surface area contributed by atoms with Crippen LogP contribution in [0.5, 0.6) is 0 Å². The second kappa shape index (κ2) is 5.08. The molecule has 0 aliphatic carbocycles. The molecular weight excluding hydrogens is 264 g/mol. The fourth-order valence-electron chi connectivity index (χ4n) is 2.29. The molecule has 0 spiro atoms. The van der Waals surface area contributed by atoms with E-state index >= 15 is 0 Å². The van der Waals surface area contributed by atoms with Crippen molar-refractivity contribution < 1.29 is 9.32 Å². The molecule has 1 aliphatic heterocycles. The summed E-state index contributed by atoms with van der Waals surface area (Å²) in [6, 6.07) is 0. The number of aryl methyl sites for hydroxylation is 1. The average molecular weight is 278 g/mol. The van der Waals surface area contributed by atoms with E-state index in [0.717, 1.165) is 12.8 Å². The Morgan fingerprint density at radius 1 is 1.47 bits per heavy atom. The van der Waals surface area contributed by atoms with Crippen molar-refractivity contribution in [2.24, 2.45) is 0 Å². The molecule has 0 aromatic carbocycles. The van der Waals surface area contributed by atoms with Crippen molar-refractivity contribution in [1.29, 1.82) is 0 Å². The maximum Gasteiger partial charge on any atom is 0.273 e. The van der Waals surface area contributed by atoms with Crippen molar-refractivity contribution in [1.82, 2.24) is 20.0 Å². The van der Waals surface area contributed by atoms with Gasteiger partial charge in [0.05, 0.1) is 5.51 Å². The monoisotopic (exact) mass is 278 g/mol. The highest BCUT2D eigenvalue weighted by Gasteiger charge is 2.28. The molecule has 19 heavy (non-hydrogen) atoms. The fourth-order valence-corrected chi connectivity index (χ4v) is 2.81. The summed E-state index contributed by atoms with van der Waals surface area (Å²) in [7, 11) is 0. The van der Waals surface area contributed by atoms with Gasteiger partial charge in [0.15, 0.2) is 5.82 Å². The second-order valence-electron chi connectivity index (χ2n) is 4.62. The second-order valence-corrected chi connectivity index (χ2v) is 5.34. The molecule has 7 heteroatoms. The summed E-state index contributed by atoms with van der Waals surface area (Å²) >= 11 is 1.44. The molecule has 1 amide bonds. The Labute approximate surface area is 114 Å². The molecule has 0 bridgehead atoms. The number of aromatic nitrogens is 3. The van der Waals surface area contributed by atoms with Gasteiger partial charge in [0.2, 0.25) is 5.89 Å². The molecule has 1 aliphatic rings. The molecule has 0 unspecified atom stereocenters. The quantitative estimate of drug-likeness (QED) is 0.838. The van der Waals surface area contributed by atoms with Crippen LogP contribution in [0.25, 0.3) is 0 Å². The van der Waals surface area contributed by atoms with E-state index in [9.17, 15) is 4.79 Å². The van der Waals surface area contributed by atoms with E-state index in [1.165, 1.54) is 11.3 Å². The zero-order chi connectivity index (χ0) is 13.2.